The van der Waals surface area contributed by atoms with Gasteiger partial charge in [0.05, 0.1) is 24.9 Å². The Morgan fingerprint density at radius 3 is 1.57 bits per heavy atom. The zero-order valence-corrected chi connectivity index (χ0v) is 36.0. The second-order valence-corrected chi connectivity index (χ2v) is 16.1. The van der Waals surface area contributed by atoms with Gasteiger partial charge in [-0.15, -0.1) is 0 Å². The van der Waals surface area contributed by atoms with E-state index in [1.807, 2.05) is 0 Å². The Kier molecular flexibility index (Phi) is 19.8. The van der Waals surface area contributed by atoms with Crippen molar-refractivity contribution in [3.63, 3.8) is 0 Å². The maximum atomic E-state index is 12.8. The number of hydrogen-bond donors (Lipinski definition) is 12. The van der Waals surface area contributed by atoms with Crippen molar-refractivity contribution in [2.24, 2.45) is 5.73 Å². The molecule has 25 nitrogen and oxygen atoms in total. The zero-order chi connectivity index (χ0) is 46.9. The van der Waals surface area contributed by atoms with Crippen LogP contribution in [0.4, 0.5) is 0 Å². The second-order valence-electron chi connectivity index (χ2n) is 16.1. The normalized spacial score (nSPS) is 40.7. The molecule has 4 saturated heterocycles. The van der Waals surface area contributed by atoms with Gasteiger partial charge < -0.3 is 101 Å². The molecule has 4 rings (SSSR count). The molecule has 20 atom stereocenters. The number of unbranched alkanes of at least 4 members (excludes halogenated alkanes) is 2. The molecule has 0 aromatic rings. The molecule has 0 radical (unpaired) electrons. The number of rotatable bonds is 19. The number of aliphatic hydroxyl groups excluding tert-OH is 6. The second kappa shape index (κ2) is 23.8. The lowest BCUT2D eigenvalue weighted by Crippen LogP contribution is -2.71. The number of carbonyl (C=O) groups is 5. The van der Waals surface area contributed by atoms with Gasteiger partial charge in [0.25, 0.3) is 0 Å². The van der Waals surface area contributed by atoms with E-state index in [2.05, 4.69) is 21.3 Å². The molecule has 63 heavy (non-hydrogen) atoms. The van der Waals surface area contributed by atoms with Crippen molar-refractivity contribution < 1.29 is 97.6 Å². The first-order chi connectivity index (χ1) is 29.7. The first-order valence-corrected chi connectivity index (χ1v) is 21.0. The Hall–Kier alpha value is -3.25. The van der Waals surface area contributed by atoms with Gasteiger partial charge in [0.15, 0.2) is 31.3 Å². The van der Waals surface area contributed by atoms with Gasteiger partial charge in [-0.3, -0.25) is 19.2 Å². The first kappa shape index (κ1) is 52.4. The van der Waals surface area contributed by atoms with Crippen LogP contribution in [0.15, 0.2) is 0 Å². The summed E-state index contributed by atoms with van der Waals surface area (Å²) in [6, 6.07) is -4.29. The summed E-state index contributed by atoms with van der Waals surface area (Å²) < 4.78 is 47.7. The summed E-state index contributed by atoms with van der Waals surface area (Å²) in [6.45, 7) is 8.19. The molecule has 4 amide bonds. The van der Waals surface area contributed by atoms with Crippen LogP contribution in [0.25, 0.3) is 0 Å². The van der Waals surface area contributed by atoms with Gasteiger partial charge >= 0.3 is 5.97 Å². The molecule has 0 saturated carbocycles. The van der Waals surface area contributed by atoms with Crippen molar-refractivity contribution >= 4 is 29.6 Å². The van der Waals surface area contributed by atoms with Crippen LogP contribution in [0.2, 0.25) is 0 Å². The molecule has 4 aliphatic heterocycles. The molecule has 12 unspecified atom stereocenters. The predicted molar refractivity (Wildman–Crippen MR) is 209 cm³/mol. The van der Waals surface area contributed by atoms with E-state index in [9.17, 15) is 59.7 Å². The number of ether oxygens (including phenoxy) is 8. The number of carboxylic acid groups (broad SMARTS) is 1. The topological polar surface area (TPSA) is 375 Å². The fraction of sp³-hybridized carbons (Fsp3) is 0.868. The fourth-order valence-corrected chi connectivity index (χ4v) is 7.74. The van der Waals surface area contributed by atoms with Gasteiger partial charge in [0, 0.05) is 33.7 Å². The number of hydrogen-bond acceptors (Lipinski definition) is 20. The van der Waals surface area contributed by atoms with Crippen molar-refractivity contribution in [1.82, 2.24) is 21.3 Å². The number of carboxylic acids is 1. The van der Waals surface area contributed by atoms with Crippen molar-refractivity contribution in [2.75, 3.05) is 19.7 Å². The number of carbonyl (C=O) groups excluding carboxylic acids is 4. The lowest BCUT2D eigenvalue weighted by Gasteiger charge is -2.50. The molecule has 0 spiro atoms. The summed E-state index contributed by atoms with van der Waals surface area (Å²) in [7, 11) is 0. The van der Waals surface area contributed by atoms with Crippen LogP contribution in [0.1, 0.15) is 67.2 Å². The van der Waals surface area contributed by atoms with Gasteiger partial charge in [-0.05, 0) is 40.2 Å². The third kappa shape index (κ3) is 13.6. The van der Waals surface area contributed by atoms with Gasteiger partial charge in [-0.1, -0.05) is 6.42 Å². The fourth-order valence-electron chi connectivity index (χ4n) is 7.74. The lowest BCUT2D eigenvalue weighted by molar-refractivity contribution is -0.372. The van der Waals surface area contributed by atoms with Gasteiger partial charge in [0.2, 0.25) is 23.6 Å². The highest BCUT2D eigenvalue weighted by Gasteiger charge is 2.57. The molecular formula is C38H65N5O20. The van der Waals surface area contributed by atoms with E-state index in [1.54, 1.807) is 0 Å². The largest absolute Gasteiger partial charge is 0.479 e. The van der Waals surface area contributed by atoms with E-state index in [0.29, 0.717) is 13.0 Å². The van der Waals surface area contributed by atoms with E-state index in [0.717, 1.165) is 26.7 Å². The molecule has 0 aliphatic carbocycles. The minimum absolute atomic E-state index is 0.0698. The predicted octanol–water partition coefficient (Wildman–Crippen LogP) is -5.48. The van der Waals surface area contributed by atoms with Crippen LogP contribution in [-0.4, -0.2) is 208 Å². The number of aliphatic hydroxyl groups is 6. The van der Waals surface area contributed by atoms with Gasteiger partial charge in [-0.25, -0.2) is 4.79 Å². The molecule has 4 aliphatic rings. The molecular weight excluding hydrogens is 846 g/mol. The van der Waals surface area contributed by atoms with Crippen molar-refractivity contribution in [2.45, 2.75) is 190 Å². The van der Waals surface area contributed by atoms with E-state index in [4.69, 9.17) is 43.6 Å². The van der Waals surface area contributed by atoms with Crippen LogP contribution in [0.3, 0.4) is 0 Å². The van der Waals surface area contributed by atoms with Crippen LogP contribution in [-0.2, 0) is 61.9 Å². The molecule has 0 aromatic heterocycles. The standard InChI is InChI=1S/C38H65N5O20/c1-14-24(48)27(51)21(41-17(4)44)36(58-14)63-33-29(53)28(52)32(34(54)55)62-38(33)61-31-23(43-19(6)46)37(59-16(3)26(31)50)60-30-22(42-18(5)45)35(57-15(2)25(30)49)56-13-12-40-20(47)10-8-7-9-11-39/h14-16,21-33,35-38,48-53H,7-13,39H2,1-6H3,(H,40,47)(H,41,44)(H,42,45)(H,43,46)(H,54,55)/t14?,15?,16?,21?,22?,23?,24-,25+,26-,27?,28+,29?,30?,31?,32?,33?,35-,36+,37+,38-/m1/s1. The summed E-state index contributed by atoms with van der Waals surface area (Å²) in [5.74, 6) is -3.94. The molecule has 4 heterocycles. The highest BCUT2D eigenvalue weighted by molar-refractivity contribution is 5.76. The number of nitrogens with one attached hydrogen (secondary N) is 4. The Balaban J connectivity index is 1.63. The first-order valence-electron chi connectivity index (χ1n) is 21.0. The smallest absolute Gasteiger partial charge is 0.335 e. The van der Waals surface area contributed by atoms with E-state index in [-0.39, 0.29) is 25.5 Å². The van der Waals surface area contributed by atoms with Crippen molar-refractivity contribution in [3.05, 3.63) is 0 Å². The SMILES string of the molecule is CC(=O)NC1C(O)[C@H](O)C(C)O[C@H]1OC1C(O)[C@H](O)C(C(=O)O)O[C@H]1OC1C(NC(C)=O)[C@H](OC2C(NC(C)=O)[C@H](OCCNC(=O)CCCCCN)OC(C)[C@@H]2O)OC(C)[C@H]1O. The Bertz CT molecular complexity index is 1530. The number of nitrogens with two attached hydrogens (primary N) is 1. The average Bonchev–Trinajstić information content (AvgIpc) is 3.20. The summed E-state index contributed by atoms with van der Waals surface area (Å²) in [6.07, 6.45) is -25.3. The van der Waals surface area contributed by atoms with Crippen molar-refractivity contribution in [3.8, 4) is 0 Å². The zero-order valence-electron chi connectivity index (χ0n) is 36.0. The van der Waals surface area contributed by atoms with Crippen LogP contribution in [0.5, 0.6) is 0 Å². The maximum absolute atomic E-state index is 12.8. The molecule has 4 fully saturated rings. The van der Waals surface area contributed by atoms with Crippen molar-refractivity contribution in [1.29, 1.82) is 0 Å². The highest BCUT2D eigenvalue weighted by Crippen LogP contribution is 2.35. The van der Waals surface area contributed by atoms with E-state index >= 15 is 0 Å². The summed E-state index contributed by atoms with van der Waals surface area (Å²) in [5, 5.41) is 86.7. The molecule has 25 heteroatoms. The summed E-state index contributed by atoms with van der Waals surface area (Å²) >= 11 is 0. The Morgan fingerprint density at radius 2 is 1.03 bits per heavy atom. The van der Waals surface area contributed by atoms with Crippen LogP contribution >= 0.6 is 0 Å². The number of aliphatic carboxylic acids is 1. The number of amides is 4. The van der Waals surface area contributed by atoms with Gasteiger partial charge in [-0.2, -0.15) is 0 Å². The highest BCUT2D eigenvalue weighted by atomic mass is 16.8. The molecule has 13 N–H and O–H groups in total. The minimum Gasteiger partial charge on any atom is -0.479 e. The monoisotopic (exact) mass is 911 g/mol. The maximum Gasteiger partial charge on any atom is 0.335 e. The van der Waals surface area contributed by atoms with E-state index < -0.39 is 146 Å². The third-order valence-electron chi connectivity index (χ3n) is 11.1. The summed E-state index contributed by atoms with van der Waals surface area (Å²) in [4.78, 5) is 61.9. The van der Waals surface area contributed by atoms with Crippen LogP contribution in [0, 0.1) is 0 Å². The molecule has 362 valence electrons. The van der Waals surface area contributed by atoms with Crippen LogP contribution < -0.4 is 27.0 Å². The average molecular weight is 912 g/mol. The Labute approximate surface area is 363 Å². The third-order valence-corrected chi connectivity index (χ3v) is 11.1. The Morgan fingerprint density at radius 1 is 0.556 bits per heavy atom. The van der Waals surface area contributed by atoms with E-state index in [1.165, 1.54) is 27.7 Å². The van der Waals surface area contributed by atoms with Gasteiger partial charge in [0.1, 0.15) is 73.1 Å². The lowest BCUT2D eigenvalue weighted by atomic mass is 9.94. The minimum atomic E-state index is -2.16. The quantitative estimate of drug-likeness (QED) is 0.0538. The molecule has 0 aromatic carbocycles. The molecule has 0 bridgehead atoms. The summed E-state index contributed by atoms with van der Waals surface area (Å²) in [5.41, 5.74) is 5.51.